The van der Waals surface area contributed by atoms with E-state index in [-0.39, 0.29) is 0 Å². The summed E-state index contributed by atoms with van der Waals surface area (Å²) in [5.41, 5.74) is 0.374. The van der Waals surface area contributed by atoms with Crippen LogP contribution in [0.2, 0.25) is 19.1 Å². The molecule has 0 N–H and O–H groups in total. The fourth-order valence-corrected chi connectivity index (χ4v) is 7.68. The molecule has 2 bridgehead atoms. The Balaban J connectivity index is 1.84. The lowest BCUT2D eigenvalue weighted by molar-refractivity contribution is 0.0887. The van der Waals surface area contributed by atoms with Crippen LogP contribution in [0.1, 0.15) is 6.42 Å². The molecule has 3 fully saturated rings. The van der Waals surface area contributed by atoms with Crippen LogP contribution in [0.4, 0.5) is 0 Å². The van der Waals surface area contributed by atoms with Crippen molar-refractivity contribution in [1.82, 2.24) is 0 Å². The second-order valence-corrected chi connectivity index (χ2v) is 10.1. The van der Waals surface area contributed by atoms with Crippen molar-refractivity contribution in [3.05, 3.63) is 12.2 Å². The van der Waals surface area contributed by atoms with Gasteiger partial charge in [-0.3, -0.25) is 0 Å². The highest BCUT2D eigenvalue weighted by Crippen LogP contribution is 2.75. The van der Waals surface area contributed by atoms with Gasteiger partial charge < -0.3 is 4.43 Å². The van der Waals surface area contributed by atoms with Crippen LogP contribution >= 0.6 is 0 Å². The van der Waals surface area contributed by atoms with Gasteiger partial charge in [-0.1, -0.05) is 12.2 Å². The van der Waals surface area contributed by atoms with Crippen molar-refractivity contribution in [2.45, 2.75) is 31.2 Å². The van der Waals surface area contributed by atoms with Crippen molar-refractivity contribution in [3.63, 3.8) is 0 Å². The van der Waals surface area contributed by atoms with Gasteiger partial charge in [0.25, 0.3) is 0 Å². The van der Waals surface area contributed by atoms with Gasteiger partial charge >= 0.3 is 0 Å². The Morgan fingerprint density at radius 2 is 2.08 bits per heavy atom. The normalized spacial score (nSPS) is 63.8. The summed E-state index contributed by atoms with van der Waals surface area (Å²) in [6.45, 7) is 4.81. The third-order valence-corrected chi connectivity index (χ3v) is 7.16. The van der Waals surface area contributed by atoms with Crippen molar-refractivity contribution < 1.29 is 4.43 Å². The zero-order valence-corrected chi connectivity index (χ0v) is 9.29. The second-order valence-electron chi connectivity index (χ2n) is 5.96. The Bertz CT molecular complexity index is 322. The van der Waals surface area contributed by atoms with Crippen molar-refractivity contribution in [2.24, 2.45) is 23.7 Å². The molecule has 0 radical (unpaired) electrons. The minimum atomic E-state index is -1.27. The minimum absolute atomic E-state index is 0.374. The Kier molecular flexibility index (Phi) is 0.946. The van der Waals surface area contributed by atoms with Crippen LogP contribution in [0.3, 0.4) is 0 Å². The molecule has 1 spiro atoms. The summed E-state index contributed by atoms with van der Waals surface area (Å²) in [6.07, 6.45) is 6.38. The Hall–Kier alpha value is -0.0831. The first-order valence-corrected chi connectivity index (χ1v) is 8.63. The van der Waals surface area contributed by atoms with Crippen molar-refractivity contribution in [1.29, 1.82) is 0 Å². The quantitative estimate of drug-likeness (QED) is 0.423. The molecule has 0 amide bonds. The summed E-state index contributed by atoms with van der Waals surface area (Å²) in [7, 11) is -1.27. The van der Waals surface area contributed by atoms with Gasteiger partial charge in [0.1, 0.15) is 0 Å². The summed E-state index contributed by atoms with van der Waals surface area (Å²) >= 11 is 0. The van der Waals surface area contributed by atoms with Gasteiger partial charge in [0, 0.05) is 11.8 Å². The van der Waals surface area contributed by atoms with Gasteiger partial charge in [0.05, 0.1) is 5.60 Å². The molecular weight excluding hydrogens is 176 g/mol. The van der Waals surface area contributed by atoms with Gasteiger partial charge in [-0.2, -0.15) is 0 Å². The molecule has 1 heterocycles. The SMILES string of the molecule is C[Si]1(C)C[C@@H]2CC3C4C=C[C@@H]2[C@]43O1. The van der Waals surface area contributed by atoms with Gasteiger partial charge in [0.2, 0.25) is 0 Å². The van der Waals surface area contributed by atoms with E-state index in [1.807, 2.05) is 0 Å². The molecule has 0 aromatic rings. The van der Waals surface area contributed by atoms with Crippen LogP contribution in [-0.4, -0.2) is 13.9 Å². The summed E-state index contributed by atoms with van der Waals surface area (Å²) in [4.78, 5) is 0. The van der Waals surface area contributed by atoms with Gasteiger partial charge in [-0.25, -0.2) is 0 Å². The van der Waals surface area contributed by atoms with E-state index in [1.54, 1.807) is 0 Å². The maximum absolute atomic E-state index is 6.49. The lowest BCUT2D eigenvalue weighted by Gasteiger charge is -2.40. The van der Waals surface area contributed by atoms with Crippen LogP contribution in [0, 0.1) is 23.7 Å². The van der Waals surface area contributed by atoms with Crippen molar-refractivity contribution in [3.8, 4) is 0 Å². The highest BCUT2D eigenvalue weighted by molar-refractivity contribution is 6.71. The zero-order chi connectivity index (χ0) is 8.84. The Morgan fingerprint density at radius 3 is 2.92 bits per heavy atom. The second kappa shape index (κ2) is 1.70. The summed E-state index contributed by atoms with van der Waals surface area (Å²) < 4.78 is 6.49. The number of rotatable bonds is 0. The molecule has 13 heavy (non-hydrogen) atoms. The van der Waals surface area contributed by atoms with E-state index < -0.39 is 8.32 Å². The van der Waals surface area contributed by atoms with Gasteiger partial charge in [-0.05, 0) is 37.4 Å². The third kappa shape index (κ3) is 0.608. The zero-order valence-electron chi connectivity index (χ0n) is 8.29. The summed E-state index contributed by atoms with van der Waals surface area (Å²) in [6, 6.07) is 1.41. The highest BCUT2D eigenvalue weighted by Gasteiger charge is 2.78. The van der Waals surface area contributed by atoms with Crippen LogP contribution in [0.15, 0.2) is 12.2 Å². The van der Waals surface area contributed by atoms with E-state index >= 15 is 0 Å². The minimum Gasteiger partial charge on any atom is -0.410 e. The third-order valence-electron chi connectivity index (χ3n) is 4.74. The molecule has 5 atom stereocenters. The molecule has 1 saturated heterocycles. The van der Waals surface area contributed by atoms with Gasteiger partial charge in [-0.15, -0.1) is 0 Å². The molecule has 1 aliphatic heterocycles. The van der Waals surface area contributed by atoms with E-state index in [2.05, 4.69) is 25.2 Å². The molecule has 0 aromatic heterocycles. The average Bonchev–Trinajstić information content (AvgIpc) is 2.36. The van der Waals surface area contributed by atoms with E-state index in [1.165, 1.54) is 12.5 Å². The first-order valence-electron chi connectivity index (χ1n) is 5.52. The molecule has 3 aliphatic carbocycles. The highest BCUT2D eigenvalue weighted by atomic mass is 28.4. The topological polar surface area (TPSA) is 9.23 Å². The number of hydrogen-bond acceptors (Lipinski definition) is 1. The van der Waals surface area contributed by atoms with E-state index in [9.17, 15) is 0 Å². The first kappa shape index (κ1) is 7.24. The largest absolute Gasteiger partial charge is 0.410 e. The number of fused-ring (bicyclic) bond motifs is 1. The fourth-order valence-electron chi connectivity index (χ4n) is 4.53. The Morgan fingerprint density at radius 1 is 1.31 bits per heavy atom. The van der Waals surface area contributed by atoms with Crippen LogP contribution in [0.25, 0.3) is 0 Å². The first-order chi connectivity index (χ1) is 6.13. The molecule has 2 heteroatoms. The van der Waals surface area contributed by atoms with Crippen molar-refractivity contribution >= 4 is 8.32 Å². The fraction of sp³-hybridized carbons (Fsp3) is 0.818. The molecule has 70 valence electrons. The molecular formula is C11H16OSi. The van der Waals surface area contributed by atoms with Gasteiger partial charge in [0.15, 0.2) is 8.32 Å². The maximum atomic E-state index is 6.49. The predicted octanol–water partition coefficient (Wildman–Crippen LogP) is 2.41. The maximum Gasteiger partial charge on any atom is 0.187 e. The van der Waals surface area contributed by atoms with Crippen LogP contribution in [-0.2, 0) is 4.43 Å². The smallest absolute Gasteiger partial charge is 0.187 e. The molecule has 1 nitrogen and oxygen atoms in total. The molecule has 4 aliphatic rings. The van der Waals surface area contributed by atoms with E-state index in [0.717, 1.165) is 23.7 Å². The Labute approximate surface area is 80.3 Å². The predicted molar refractivity (Wildman–Crippen MR) is 53.8 cm³/mol. The molecule has 2 unspecified atom stereocenters. The standard InChI is InChI=1S/C11H16OSi/c1-13(2)6-7-5-10-9-4-3-8(7)11(9,10)12-13/h3-4,7-10H,5-6H2,1-2H3/t7-,8-,9?,10?,11-/m0/s1. The van der Waals surface area contributed by atoms with Crippen molar-refractivity contribution in [2.75, 3.05) is 0 Å². The molecule has 0 aromatic carbocycles. The van der Waals surface area contributed by atoms with E-state index in [0.29, 0.717) is 5.60 Å². The monoisotopic (exact) mass is 192 g/mol. The summed E-state index contributed by atoms with van der Waals surface area (Å²) in [5, 5.41) is 0. The lowest BCUT2D eigenvalue weighted by Crippen LogP contribution is -2.47. The van der Waals surface area contributed by atoms with Crippen LogP contribution in [0.5, 0.6) is 0 Å². The van der Waals surface area contributed by atoms with Crippen LogP contribution < -0.4 is 0 Å². The molecule has 2 saturated carbocycles. The number of hydrogen-bond donors (Lipinski definition) is 0. The lowest BCUT2D eigenvalue weighted by atomic mass is 9.93. The van der Waals surface area contributed by atoms with E-state index in [4.69, 9.17) is 4.43 Å². The summed E-state index contributed by atoms with van der Waals surface area (Å²) in [5.74, 6) is 3.58. The molecule has 4 rings (SSSR count). The average molecular weight is 192 g/mol.